The van der Waals surface area contributed by atoms with E-state index in [1.165, 1.54) is 16.7 Å². The largest absolute Gasteiger partial charge is 0.497 e. The Hall–Kier alpha value is -2.78. The fourth-order valence-corrected chi connectivity index (χ4v) is 7.23. The highest BCUT2D eigenvalue weighted by atomic mass is 32.1. The normalized spacial score (nSPS) is 31.9. The molecule has 2 aromatic carbocycles. The third kappa shape index (κ3) is 4.43. The number of methoxy groups -OCH3 is 1. The van der Waals surface area contributed by atoms with Crippen LogP contribution in [0.25, 0.3) is 0 Å². The first-order valence-corrected chi connectivity index (χ1v) is 13.4. The van der Waals surface area contributed by atoms with Gasteiger partial charge in [0.2, 0.25) is 0 Å². The summed E-state index contributed by atoms with van der Waals surface area (Å²) in [5.41, 5.74) is 4.19. The monoisotopic (exact) mass is 528 g/mol. The standard InChI is InChI=1S/C33H34O4.H2S/c1-32-21-37-31(23-8-12-26(36-2)13-9-23)30-27-15-11-25(34)20-24(27)10-14-28(30)29(32)17-19-33(32,35)18-16-22-6-4-3-5-7-22;/h3-9,12-13,20,28-29,31,35H,10-11,14-15,17,19,21H2,1-2H3;1H2/t28?,29?,31-,32-,33-;/m0./s1. The zero-order chi connectivity index (χ0) is 25.6. The lowest BCUT2D eigenvalue weighted by atomic mass is 9.61. The van der Waals surface area contributed by atoms with Crippen LogP contribution >= 0.6 is 13.5 Å². The van der Waals surface area contributed by atoms with Crippen molar-refractivity contribution in [1.82, 2.24) is 0 Å². The molecule has 38 heavy (non-hydrogen) atoms. The zero-order valence-electron chi connectivity index (χ0n) is 22.1. The van der Waals surface area contributed by atoms with Crippen molar-refractivity contribution < 1.29 is 19.4 Å². The summed E-state index contributed by atoms with van der Waals surface area (Å²) in [6, 6.07) is 18.0. The van der Waals surface area contributed by atoms with Crippen molar-refractivity contribution in [2.24, 2.45) is 17.3 Å². The van der Waals surface area contributed by atoms with Crippen molar-refractivity contribution >= 4 is 19.3 Å². The summed E-state index contributed by atoms with van der Waals surface area (Å²) in [7, 11) is 1.67. The average Bonchev–Trinajstić information content (AvgIpc) is 3.10. The molecule has 3 aliphatic carbocycles. The van der Waals surface area contributed by atoms with E-state index >= 15 is 0 Å². The number of aliphatic hydroxyl groups is 1. The zero-order valence-corrected chi connectivity index (χ0v) is 23.1. The van der Waals surface area contributed by atoms with Gasteiger partial charge in [-0.15, -0.1) is 0 Å². The first-order valence-electron chi connectivity index (χ1n) is 13.4. The van der Waals surface area contributed by atoms with Crippen LogP contribution in [0.1, 0.15) is 62.7 Å². The molecule has 0 bridgehead atoms. The summed E-state index contributed by atoms with van der Waals surface area (Å²) in [5.74, 6) is 8.14. The molecule has 5 atom stereocenters. The first-order chi connectivity index (χ1) is 17.9. The van der Waals surface area contributed by atoms with Crippen molar-refractivity contribution in [2.45, 2.75) is 57.2 Å². The molecule has 0 amide bonds. The van der Waals surface area contributed by atoms with E-state index in [2.05, 4.69) is 30.9 Å². The van der Waals surface area contributed by atoms with Gasteiger partial charge in [-0.3, -0.25) is 4.79 Å². The molecule has 0 spiro atoms. The van der Waals surface area contributed by atoms with Gasteiger partial charge >= 0.3 is 0 Å². The molecule has 2 unspecified atom stereocenters. The number of allylic oxidation sites excluding steroid dienone is 3. The quantitative estimate of drug-likeness (QED) is 0.481. The molecule has 0 radical (unpaired) electrons. The second kappa shape index (κ2) is 10.4. The lowest BCUT2D eigenvalue weighted by Gasteiger charge is -2.42. The summed E-state index contributed by atoms with van der Waals surface area (Å²) in [5, 5.41) is 12.1. The van der Waals surface area contributed by atoms with Gasteiger partial charge in [-0.1, -0.05) is 49.1 Å². The van der Waals surface area contributed by atoms with Crippen molar-refractivity contribution in [3.63, 3.8) is 0 Å². The van der Waals surface area contributed by atoms with Crippen molar-refractivity contribution in [3.8, 4) is 17.6 Å². The molecule has 6 rings (SSSR count). The van der Waals surface area contributed by atoms with Gasteiger partial charge in [-0.05, 0) is 96.6 Å². The number of fused-ring (bicyclic) bond motifs is 4. The summed E-state index contributed by atoms with van der Waals surface area (Å²) in [6.07, 6.45) is 6.41. The van der Waals surface area contributed by atoms with Crippen LogP contribution in [-0.4, -0.2) is 30.2 Å². The number of rotatable bonds is 2. The molecule has 1 heterocycles. The van der Waals surface area contributed by atoms with Crippen molar-refractivity contribution in [2.75, 3.05) is 13.7 Å². The Bertz CT molecular complexity index is 1330. The fourth-order valence-electron chi connectivity index (χ4n) is 7.23. The van der Waals surface area contributed by atoms with Crippen molar-refractivity contribution in [1.29, 1.82) is 0 Å². The highest BCUT2D eigenvalue weighted by Gasteiger charge is 2.61. The fraction of sp³-hybridized carbons (Fsp3) is 0.424. The highest BCUT2D eigenvalue weighted by molar-refractivity contribution is 7.59. The maximum Gasteiger partial charge on any atom is 0.156 e. The minimum absolute atomic E-state index is 0. The number of carbonyl (C=O) groups is 1. The SMILES string of the molecule is COc1ccc([C@@H]2OC[C@@]3(C)C(CC[C@@]3(O)C#Cc3ccccc3)C3CCC4=CC(=O)CCC4=C32)cc1.S. The minimum Gasteiger partial charge on any atom is -0.497 e. The molecular formula is C33H36O4S. The van der Waals surface area contributed by atoms with Crippen LogP contribution < -0.4 is 4.74 Å². The Morgan fingerprint density at radius 1 is 1.03 bits per heavy atom. The first kappa shape index (κ1) is 26.8. The molecule has 1 saturated carbocycles. The number of hydrogen-bond acceptors (Lipinski definition) is 4. The van der Waals surface area contributed by atoms with E-state index in [0.717, 1.165) is 42.6 Å². The maximum absolute atomic E-state index is 12.3. The van der Waals surface area contributed by atoms with Crippen LogP contribution in [0, 0.1) is 29.1 Å². The molecule has 2 aromatic rings. The molecule has 1 saturated heterocycles. The van der Waals surface area contributed by atoms with Crippen LogP contribution in [0.15, 0.2) is 77.4 Å². The average molecular weight is 529 g/mol. The van der Waals surface area contributed by atoms with Gasteiger partial charge < -0.3 is 14.6 Å². The van der Waals surface area contributed by atoms with Crippen molar-refractivity contribution in [3.05, 3.63) is 88.5 Å². The Morgan fingerprint density at radius 2 is 1.79 bits per heavy atom. The summed E-state index contributed by atoms with van der Waals surface area (Å²) >= 11 is 0. The number of benzene rings is 2. The van der Waals surface area contributed by atoms with Gasteiger partial charge in [-0.2, -0.15) is 13.5 Å². The third-order valence-electron chi connectivity index (χ3n) is 9.32. The van der Waals surface area contributed by atoms with Crippen LogP contribution in [0.5, 0.6) is 5.75 Å². The van der Waals surface area contributed by atoms with Gasteiger partial charge in [0.1, 0.15) is 17.5 Å². The van der Waals surface area contributed by atoms with Crippen LogP contribution in [0.4, 0.5) is 0 Å². The van der Waals surface area contributed by atoms with Gasteiger partial charge in [0, 0.05) is 17.4 Å². The number of hydrogen-bond donors (Lipinski definition) is 1. The topological polar surface area (TPSA) is 55.8 Å². The molecule has 0 aromatic heterocycles. The van der Waals surface area contributed by atoms with E-state index in [1.54, 1.807) is 7.11 Å². The second-order valence-corrected chi connectivity index (χ2v) is 11.2. The Balaban J connectivity index is 0.00000294. The van der Waals surface area contributed by atoms with E-state index < -0.39 is 11.0 Å². The Labute approximate surface area is 232 Å². The van der Waals surface area contributed by atoms with Gasteiger partial charge in [0.25, 0.3) is 0 Å². The summed E-state index contributed by atoms with van der Waals surface area (Å²) in [6.45, 7) is 2.61. The Morgan fingerprint density at radius 3 is 2.53 bits per heavy atom. The summed E-state index contributed by atoms with van der Waals surface area (Å²) in [4.78, 5) is 12.3. The van der Waals surface area contributed by atoms with Crippen LogP contribution in [0.3, 0.4) is 0 Å². The molecule has 5 heteroatoms. The molecule has 4 aliphatic rings. The number of carbonyl (C=O) groups excluding carboxylic acids is 1. The van der Waals surface area contributed by atoms with E-state index in [1.807, 2.05) is 48.5 Å². The van der Waals surface area contributed by atoms with Gasteiger partial charge in [0.05, 0.1) is 13.7 Å². The molecule has 2 fully saturated rings. The molecular weight excluding hydrogens is 492 g/mol. The number of ketones is 1. The van der Waals surface area contributed by atoms with Crippen LogP contribution in [0.2, 0.25) is 0 Å². The van der Waals surface area contributed by atoms with Crippen LogP contribution in [-0.2, 0) is 9.53 Å². The molecule has 198 valence electrons. The predicted molar refractivity (Wildman–Crippen MR) is 153 cm³/mol. The summed E-state index contributed by atoms with van der Waals surface area (Å²) < 4.78 is 12.2. The lowest BCUT2D eigenvalue weighted by Crippen LogP contribution is -2.48. The predicted octanol–water partition coefficient (Wildman–Crippen LogP) is 6.07. The lowest BCUT2D eigenvalue weighted by molar-refractivity contribution is -0.114. The maximum atomic E-state index is 12.3. The minimum atomic E-state index is -1.13. The smallest absolute Gasteiger partial charge is 0.156 e. The Kier molecular flexibility index (Phi) is 7.35. The second-order valence-electron chi connectivity index (χ2n) is 11.2. The number of ether oxygens (including phenoxy) is 2. The molecule has 1 aliphatic heterocycles. The molecule has 1 N–H and O–H groups in total. The van der Waals surface area contributed by atoms with E-state index in [0.29, 0.717) is 19.4 Å². The van der Waals surface area contributed by atoms with E-state index in [4.69, 9.17) is 9.47 Å². The van der Waals surface area contributed by atoms with E-state index in [-0.39, 0.29) is 37.2 Å². The third-order valence-corrected chi connectivity index (χ3v) is 9.32. The van der Waals surface area contributed by atoms with Gasteiger partial charge in [0.15, 0.2) is 5.78 Å². The van der Waals surface area contributed by atoms with E-state index in [9.17, 15) is 9.90 Å². The highest BCUT2D eigenvalue weighted by Crippen LogP contribution is 2.61. The molecule has 4 nitrogen and oxygen atoms in total. The van der Waals surface area contributed by atoms with Gasteiger partial charge in [-0.25, -0.2) is 0 Å².